The van der Waals surface area contributed by atoms with E-state index in [2.05, 4.69) is 21.2 Å². The van der Waals surface area contributed by atoms with E-state index in [1.165, 1.54) is 12.1 Å². The maximum atomic E-state index is 13.3. The molecule has 1 N–H and O–H groups in total. The van der Waals surface area contributed by atoms with Crippen LogP contribution >= 0.6 is 27.5 Å². The van der Waals surface area contributed by atoms with Crippen molar-refractivity contribution in [2.75, 3.05) is 4.90 Å². The molecular formula is C23H15BrClFN2O3. The average Bonchev–Trinajstić information content (AvgIpc) is 3.01. The van der Waals surface area contributed by atoms with Crippen molar-refractivity contribution in [2.24, 2.45) is 0 Å². The SMILES string of the molecule is O=C1N/C(=C/c2ccc(OCc3cccc(F)c3)c(Br)c2)C(=O)N1c1ccc(Cl)cc1. The predicted octanol–water partition coefficient (Wildman–Crippen LogP) is 5.92. The van der Waals surface area contributed by atoms with Gasteiger partial charge in [0.15, 0.2) is 0 Å². The highest BCUT2D eigenvalue weighted by atomic mass is 79.9. The first-order valence-corrected chi connectivity index (χ1v) is 10.4. The van der Waals surface area contributed by atoms with Crippen LogP contribution in [0.15, 0.2) is 76.9 Å². The maximum absolute atomic E-state index is 13.3. The van der Waals surface area contributed by atoms with E-state index >= 15 is 0 Å². The Hall–Kier alpha value is -3.16. The van der Waals surface area contributed by atoms with Crippen LogP contribution in [0.5, 0.6) is 5.75 Å². The zero-order valence-electron chi connectivity index (χ0n) is 15.9. The number of urea groups is 1. The molecule has 3 aromatic carbocycles. The molecule has 4 rings (SSSR count). The second kappa shape index (κ2) is 8.91. The van der Waals surface area contributed by atoms with Gasteiger partial charge in [-0.05, 0) is 81.7 Å². The molecule has 5 nitrogen and oxygen atoms in total. The molecule has 3 amide bonds. The summed E-state index contributed by atoms with van der Waals surface area (Å²) >= 11 is 9.32. The van der Waals surface area contributed by atoms with Crippen LogP contribution in [-0.2, 0) is 11.4 Å². The van der Waals surface area contributed by atoms with Crippen molar-refractivity contribution >= 4 is 51.2 Å². The average molecular weight is 502 g/mol. The van der Waals surface area contributed by atoms with Crippen molar-refractivity contribution in [2.45, 2.75) is 6.61 Å². The summed E-state index contributed by atoms with van der Waals surface area (Å²) in [6.45, 7) is 0.210. The van der Waals surface area contributed by atoms with Gasteiger partial charge in [-0.2, -0.15) is 0 Å². The smallest absolute Gasteiger partial charge is 0.333 e. The Bertz CT molecular complexity index is 1200. The second-order valence-electron chi connectivity index (χ2n) is 6.71. The summed E-state index contributed by atoms with van der Waals surface area (Å²) in [4.78, 5) is 26.1. The van der Waals surface area contributed by atoms with E-state index in [-0.39, 0.29) is 18.1 Å². The number of imide groups is 1. The van der Waals surface area contributed by atoms with Gasteiger partial charge in [-0.15, -0.1) is 0 Å². The summed E-state index contributed by atoms with van der Waals surface area (Å²) in [5, 5.41) is 3.10. The highest BCUT2D eigenvalue weighted by Gasteiger charge is 2.34. The van der Waals surface area contributed by atoms with E-state index in [0.717, 1.165) is 4.90 Å². The summed E-state index contributed by atoms with van der Waals surface area (Å²) in [5.74, 6) is -0.219. The van der Waals surface area contributed by atoms with Gasteiger partial charge in [0.05, 0.1) is 10.2 Å². The van der Waals surface area contributed by atoms with Crippen LogP contribution in [-0.4, -0.2) is 11.9 Å². The van der Waals surface area contributed by atoms with Gasteiger partial charge in [0.2, 0.25) is 0 Å². The molecule has 0 spiro atoms. The Balaban J connectivity index is 1.49. The van der Waals surface area contributed by atoms with E-state index in [1.54, 1.807) is 60.7 Å². The molecule has 1 aliphatic heterocycles. The molecule has 1 heterocycles. The van der Waals surface area contributed by atoms with Crippen molar-refractivity contribution in [3.8, 4) is 5.75 Å². The Labute approximate surface area is 191 Å². The third-order valence-electron chi connectivity index (χ3n) is 4.51. The highest BCUT2D eigenvalue weighted by molar-refractivity contribution is 9.10. The molecule has 0 aromatic heterocycles. The summed E-state index contributed by atoms with van der Waals surface area (Å²) < 4.78 is 19.7. The third-order valence-corrected chi connectivity index (χ3v) is 5.39. The Morgan fingerprint density at radius 3 is 2.55 bits per heavy atom. The zero-order valence-corrected chi connectivity index (χ0v) is 18.3. The monoisotopic (exact) mass is 500 g/mol. The normalized spacial score (nSPS) is 14.8. The van der Waals surface area contributed by atoms with E-state index in [4.69, 9.17) is 16.3 Å². The fourth-order valence-electron chi connectivity index (χ4n) is 3.04. The number of amides is 3. The first-order valence-electron chi connectivity index (χ1n) is 9.20. The van der Waals surface area contributed by atoms with E-state index in [0.29, 0.717) is 32.1 Å². The molecule has 0 radical (unpaired) electrons. The third kappa shape index (κ3) is 4.78. The molecule has 8 heteroatoms. The molecule has 0 atom stereocenters. The maximum Gasteiger partial charge on any atom is 0.333 e. The molecule has 3 aromatic rings. The van der Waals surface area contributed by atoms with Crippen LogP contribution in [0.1, 0.15) is 11.1 Å². The number of carbonyl (C=O) groups excluding carboxylic acids is 2. The summed E-state index contributed by atoms with van der Waals surface area (Å²) in [6, 6.07) is 17.3. The molecule has 156 valence electrons. The number of carbonyl (C=O) groups is 2. The Kier molecular flexibility index (Phi) is 6.06. The minimum Gasteiger partial charge on any atom is -0.488 e. The topological polar surface area (TPSA) is 58.6 Å². The van der Waals surface area contributed by atoms with Crippen molar-refractivity contribution in [1.82, 2.24) is 5.32 Å². The number of halogens is 3. The lowest BCUT2D eigenvalue weighted by atomic mass is 10.1. The van der Waals surface area contributed by atoms with E-state index < -0.39 is 11.9 Å². The molecule has 31 heavy (non-hydrogen) atoms. The van der Waals surface area contributed by atoms with Crippen LogP contribution in [0.2, 0.25) is 5.02 Å². The van der Waals surface area contributed by atoms with Crippen molar-refractivity contribution in [3.63, 3.8) is 0 Å². The fraction of sp³-hybridized carbons (Fsp3) is 0.0435. The van der Waals surface area contributed by atoms with Crippen LogP contribution in [0, 0.1) is 5.82 Å². The molecule has 0 bridgehead atoms. The van der Waals surface area contributed by atoms with Gasteiger partial charge < -0.3 is 10.1 Å². The number of anilines is 1. The molecule has 0 aliphatic carbocycles. The van der Waals surface area contributed by atoms with Gasteiger partial charge in [-0.25, -0.2) is 14.1 Å². The number of nitrogens with one attached hydrogen (secondary N) is 1. The van der Waals surface area contributed by atoms with Gasteiger partial charge in [-0.1, -0.05) is 29.8 Å². The highest BCUT2D eigenvalue weighted by Crippen LogP contribution is 2.29. The lowest BCUT2D eigenvalue weighted by Gasteiger charge is -2.11. The lowest BCUT2D eigenvalue weighted by Crippen LogP contribution is -2.30. The quantitative estimate of drug-likeness (QED) is 0.349. The number of rotatable bonds is 5. The zero-order chi connectivity index (χ0) is 22.0. The van der Waals surface area contributed by atoms with Crippen LogP contribution in [0.25, 0.3) is 6.08 Å². The fourth-order valence-corrected chi connectivity index (χ4v) is 3.68. The number of benzene rings is 3. The van der Waals surface area contributed by atoms with Crippen molar-refractivity contribution < 1.29 is 18.7 Å². The number of ether oxygens (including phenoxy) is 1. The second-order valence-corrected chi connectivity index (χ2v) is 8.00. The first-order chi connectivity index (χ1) is 14.9. The van der Waals surface area contributed by atoms with Crippen LogP contribution in [0.4, 0.5) is 14.9 Å². The molecule has 0 saturated carbocycles. The number of hydrogen-bond acceptors (Lipinski definition) is 3. The summed E-state index contributed by atoms with van der Waals surface area (Å²) in [6.07, 6.45) is 1.58. The summed E-state index contributed by atoms with van der Waals surface area (Å²) in [7, 11) is 0. The van der Waals surface area contributed by atoms with Gasteiger partial charge in [0.25, 0.3) is 5.91 Å². The van der Waals surface area contributed by atoms with E-state index in [1.807, 2.05) is 0 Å². The Morgan fingerprint density at radius 2 is 1.84 bits per heavy atom. The van der Waals surface area contributed by atoms with Gasteiger partial charge in [0.1, 0.15) is 23.9 Å². The number of nitrogens with zero attached hydrogens (tertiary/aromatic N) is 1. The standard InChI is InChI=1S/C23H15BrClFN2O3/c24-19-11-14(4-9-21(19)31-13-15-2-1-3-17(26)10-15)12-20-22(29)28(23(30)27-20)18-7-5-16(25)6-8-18/h1-12H,13H2,(H,27,30)/b20-12+. The van der Waals surface area contributed by atoms with Crippen LogP contribution < -0.4 is 15.0 Å². The van der Waals surface area contributed by atoms with E-state index in [9.17, 15) is 14.0 Å². The minimum absolute atomic E-state index is 0.153. The van der Waals surface area contributed by atoms with Crippen molar-refractivity contribution in [3.05, 3.63) is 98.9 Å². The Morgan fingerprint density at radius 1 is 1.06 bits per heavy atom. The molecule has 1 aliphatic rings. The van der Waals surface area contributed by atoms with Gasteiger partial charge in [-0.3, -0.25) is 4.79 Å². The van der Waals surface area contributed by atoms with Crippen molar-refractivity contribution in [1.29, 1.82) is 0 Å². The molecular weight excluding hydrogens is 487 g/mol. The largest absolute Gasteiger partial charge is 0.488 e. The van der Waals surface area contributed by atoms with Gasteiger partial charge >= 0.3 is 6.03 Å². The first kappa shape index (κ1) is 21.1. The minimum atomic E-state index is -0.535. The predicted molar refractivity (Wildman–Crippen MR) is 120 cm³/mol. The molecule has 0 unspecified atom stereocenters. The molecule has 1 fully saturated rings. The van der Waals surface area contributed by atoms with Crippen LogP contribution in [0.3, 0.4) is 0 Å². The van der Waals surface area contributed by atoms with Gasteiger partial charge in [0, 0.05) is 5.02 Å². The number of hydrogen-bond donors (Lipinski definition) is 1. The molecule has 1 saturated heterocycles. The summed E-state index contributed by atoms with van der Waals surface area (Å²) in [5.41, 5.74) is 1.98. The lowest BCUT2D eigenvalue weighted by molar-refractivity contribution is -0.113.